The van der Waals surface area contributed by atoms with Crippen molar-refractivity contribution in [3.63, 3.8) is 0 Å². The number of aryl methyl sites for hydroxylation is 1. The maximum absolute atomic E-state index is 12.0. The first-order valence-electron chi connectivity index (χ1n) is 5.68. The van der Waals surface area contributed by atoms with Gasteiger partial charge in [0.05, 0.1) is 11.4 Å². The van der Waals surface area contributed by atoms with Crippen LogP contribution < -0.4 is 15.2 Å². The maximum Gasteiger partial charge on any atom is 0.321 e. The summed E-state index contributed by atoms with van der Waals surface area (Å²) >= 11 is 0. The van der Waals surface area contributed by atoms with Crippen LogP contribution in [0.3, 0.4) is 0 Å². The van der Waals surface area contributed by atoms with E-state index in [1.54, 1.807) is 49.4 Å². The first-order valence-corrected chi connectivity index (χ1v) is 7.16. The van der Waals surface area contributed by atoms with Crippen molar-refractivity contribution < 1.29 is 8.42 Å². The standard InChI is InChI=1S/C13H15N3O2S/c1-10-7-8-11(14)9-13(10)16-19(17,18)15-12-5-3-2-4-6-12/h2-9,15-16H,14H2,1H3. The fraction of sp³-hybridized carbons (Fsp3) is 0.0769. The van der Waals surface area contributed by atoms with E-state index in [2.05, 4.69) is 9.44 Å². The summed E-state index contributed by atoms with van der Waals surface area (Å²) in [7, 11) is -3.68. The molecule has 0 radical (unpaired) electrons. The summed E-state index contributed by atoms with van der Waals surface area (Å²) in [5, 5.41) is 0. The number of nitrogen functional groups attached to an aromatic ring is 1. The number of para-hydroxylation sites is 1. The lowest BCUT2D eigenvalue weighted by Crippen LogP contribution is -2.22. The van der Waals surface area contributed by atoms with Crippen molar-refractivity contribution in [2.75, 3.05) is 15.2 Å². The maximum atomic E-state index is 12.0. The minimum absolute atomic E-state index is 0.462. The molecule has 0 aliphatic heterocycles. The molecule has 0 unspecified atom stereocenters. The quantitative estimate of drug-likeness (QED) is 0.750. The summed E-state index contributed by atoms with van der Waals surface area (Å²) in [5.41, 5.74) is 7.90. The van der Waals surface area contributed by atoms with E-state index in [1.807, 2.05) is 6.07 Å². The zero-order valence-corrected chi connectivity index (χ0v) is 11.2. The van der Waals surface area contributed by atoms with Crippen molar-refractivity contribution in [1.82, 2.24) is 0 Å². The lowest BCUT2D eigenvalue weighted by molar-refractivity contribution is 0.606. The van der Waals surface area contributed by atoms with Gasteiger partial charge in [0, 0.05) is 5.69 Å². The molecule has 0 bridgehead atoms. The Balaban J connectivity index is 2.20. The Bertz CT molecular complexity index is 670. The van der Waals surface area contributed by atoms with Gasteiger partial charge in [-0.25, -0.2) is 0 Å². The molecule has 2 aromatic carbocycles. The number of anilines is 3. The predicted molar refractivity (Wildman–Crippen MR) is 78.2 cm³/mol. The second-order valence-corrected chi connectivity index (χ2v) is 5.56. The molecule has 2 aromatic rings. The molecule has 0 amide bonds. The molecule has 0 fully saturated rings. The highest BCUT2D eigenvalue weighted by molar-refractivity contribution is 7.94. The Morgan fingerprint density at radius 1 is 1.00 bits per heavy atom. The fourth-order valence-electron chi connectivity index (χ4n) is 1.58. The molecule has 0 aliphatic rings. The molecule has 2 rings (SSSR count). The topological polar surface area (TPSA) is 84.2 Å². The normalized spacial score (nSPS) is 11.0. The van der Waals surface area contributed by atoms with Gasteiger partial charge in [-0.05, 0) is 36.8 Å². The van der Waals surface area contributed by atoms with E-state index in [0.29, 0.717) is 17.1 Å². The number of rotatable bonds is 4. The highest BCUT2D eigenvalue weighted by Crippen LogP contribution is 2.20. The van der Waals surface area contributed by atoms with Gasteiger partial charge in [0.15, 0.2) is 0 Å². The SMILES string of the molecule is Cc1ccc(N)cc1NS(=O)(=O)Nc1ccccc1. The van der Waals surface area contributed by atoms with Crippen LogP contribution in [0, 0.1) is 6.92 Å². The van der Waals surface area contributed by atoms with Crippen LogP contribution in [0.25, 0.3) is 0 Å². The van der Waals surface area contributed by atoms with Gasteiger partial charge in [0.1, 0.15) is 0 Å². The Morgan fingerprint density at radius 3 is 2.37 bits per heavy atom. The van der Waals surface area contributed by atoms with E-state index in [1.165, 1.54) is 0 Å². The second kappa shape index (κ2) is 5.19. The first kappa shape index (κ1) is 13.2. The number of nitrogens with one attached hydrogen (secondary N) is 2. The minimum Gasteiger partial charge on any atom is -0.399 e. The van der Waals surface area contributed by atoms with Crippen molar-refractivity contribution in [3.05, 3.63) is 54.1 Å². The molecule has 0 saturated heterocycles. The van der Waals surface area contributed by atoms with Gasteiger partial charge in [-0.1, -0.05) is 24.3 Å². The largest absolute Gasteiger partial charge is 0.399 e. The molecule has 100 valence electrons. The van der Waals surface area contributed by atoms with E-state index in [4.69, 9.17) is 5.73 Å². The number of hydrogen-bond donors (Lipinski definition) is 3. The van der Waals surface area contributed by atoms with E-state index in [-0.39, 0.29) is 0 Å². The summed E-state index contributed by atoms with van der Waals surface area (Å²) in [5.74, 6) is 0. The van der Waals surface area contributed by atoms with Crippen LogP contribution in [-0.2, 0) is 10.2 Å². The van der Waals surface area contributed by atoms with E-state index in [0.717, 1.165) is 5.56 Å². The van der Waals surface area contributed by atoms with Crippen LogP contribution in [0.15, 0.2) is 48.5 Å². The van der Waals surface area contributed by atoms with Crippen molar-refractivity contribution in [2.24, 2.45) is 0 Å². The average molecular weight is 277 g/mol. The summed E-state index contributed by atoms with van der Waals surface area (Å²) in [4.78, 5) is 0. The zero-order chi connectivity index (χ0) is 13.9. The zero-order valence-electron chi connectivity index (χ0n) is 10.4. The molecule has 19 heavy (non-hydrogen) atoms. The Hall–Kier alpha value is -2.21. The minimum atomic E-state index is -3.68. The third-order valence-corrected chi connectivity index (χ3v) is 3.53. The van der Waals surface area contributed by atoms with Crippen LogP contribution in [0.5, 0.6) is 0 Å². The lowest BCUT2D eigenvalue weighted by Gasteiger charge is -2.12. The van der Waals surface area contributed by atoms with Gasteiger partial charge < -0.3 is 5.73 Å². The second-order valence-electron chi connectivity index (χ2n) is 4.15. The van der Waals surface area contributed by atoms with Gasteiger partial charge in [-0.3, -0.25) is 9.44 Å². The molecule has 4 N–H and O–H groups in total. The molecule has 5 nitrogen and oxygen atoms in total. The molecular weight excluding hydrogens is 262 g/mol. The van der Waals surface area contributed by atoms with Gasteiger partial charge in [-0.2, -0.15) is 8.42 Å². The van der Waals surface area contributed by atoms with E-state index >= 15 is 0 Å². The molecule has 0 aliphatic carbocycles. The monoisotopic (exact) mass is 277 g/mol. The summed E-state index contributed by atoms with van der Waals surface area (Å²) in [6, 6.07) is 13.7. The molecule has 0 spiro atoms. The van der Waals surface area contributed by atoms with Crippen LogP contribution >= 0.6 is 0 Å². The molecule has 0 heterocycles. The van der Waals surface area contributed by atoms with Crippen LogP contribution in [0.1, 0.15) is 5.56 Å². The first-order chi connectivity index (χ1) is 8.96. The summed E-state index contributed by atoms with van der Waals surface area (Å²) in [6.45, 7) is 1.81. The van der Waals surface area contributed by atoms with Crippen LogP contribution in [0.2, 0.25) is 0 Å². The third-order valence-electron chi connectivity index (χ3n) is 2.53. The van der Waals surface area contributed by atoms with Crippen molar-refractivity contribution in [2.45, 2.75) is 6.92 Å². The van der Waals surface area contributed by atoms with Crippen molar-refractivity contribution in [3.8, 4) is 0 Å². The smallest absolute Gasteiger partial charge is 0.321 e. The number of benzene rings is 2. The van der Waals surface area contributed by atoms with Crippen molar-refractivity contribution >= 4 is 27.3 Å². The Kier molecular flexibility index (Phi) is 3.62. The lowest BCUT2D eigenvalue weighted by atomic mass is 10.2. The van der Waals surface area contributed by atoms with E-state index < -0.39 is 10.2 Å². The summed E-state index contributed by atoms with van der Waals surface area (Å²) < 4.78 is 28.8. The molecule has 0 atom stereocenters. The Labute approximate surface area is 112 Å². The van der Waals surface area contributed by atoms with Crippen LogP contribution in [-0.4, -0.2) is 8.42 Å². The molecule has 0 aromatic heterocycles. The van der Waals surface area contributed by atoms with Gasteiger partial charge in [0.2, 0.25) is 0 Å². The average Bonchev–Trinajstić information content (AvgIpc) is 2.34. The van der Waals surface area contributed by atoms with Gasteiger partial charge in [-0.15, -0.1) is 0 Å². The highest BCUT2D eigenvalue weighted by Gasteiger charge is 2.11. The van der Waals surface area contributed by atoms with Crippen molar-refractivity contribution in [1.29, 1.82) is 0 Å². The molecule has 0 saturated carbocycles. The van der Waals surface area contributed by atoms with E-state index in [9.17, 15) is 8.42 Å². The predicted octanol–water partition coefficient (Wildman–Crippen LogP) is 2.35. The summed E-state index contributed by atoms with van der Waals surface area (Å²) in [6.07, 6.45) is 0. The molecule has 6 heteroatoms. The highest BCUT2D eigenvalue weighted by atomic mass is 32.2. The molecular formula is C13H15N3O2S. The Morgan fingerprint density at radius 2 is 1.68 bits per heavy atom. The third kappa shape index (κ3) is 3.62. The fourth-order valence-corrected chi connectivity index (χ4v) is 2.59. The number of nitrogens with two attached hydrogens (primary N) is 1. The van der Waals surface area contributed by atoms with Crippen LogP contribution in [0.4, 0.5) is 17.1 Å². The number of hydrogen-bond acceptors (Lipinski definition) is 3. The van der Waals surface area contributed by atoms with Gasteiger partial charge in [0.25, 0.3) is 0 Å². The van der Waals surface area contributed by atoms with Gasteiger partial charge >= 0.3 is 10.2 Å².